The molecule has 0 bridgehead atoms. The van der Waals surface area contributed by atoms with Crippen LogP contribution in [0.2, 0.25) is 0 Å². The highest BCUT2D eigenvalue weighted by Crippen LogP contribution is 2.27. The van der Waals surface area contributed by atoms with E-state index in [0.29, 0.717) is 43.7 Å². The number of nitrogens with one attached hydrogen (secondary N) is 1. The lowest BCUT2D eigenvalue weighted by Crippen LogP contribution is -2.38. The standard InChI is InChI=1S/C26H36N2O6S/c1-26(2,3)34-25(30)28(18-16-20-11-7-6-8-12-20)17-10-9-13-23(29)21-14-15-24(33-4)22(19-21)27-35(5,31)32/h6-8,11-12,14-15,19,27H,9-10,13,16-18H2,1-5H3. The molecule has 192 valence electrons. The van der Waals surface area contributed by atoms with E-state index >= 15 is 0 Å². The monoisotopic (exact) mass is 504 g/mol. The van der Waals surface area contributed by atoms with Gasteiger partial charge in [0.05, 0.1) is 19.1 Å². The quantitative estimate of drug-likeness (QED) is 0.326. The Morgan fingerprint density at radius 3 is 2.29 bits per heavy atom. The van der Waals surface area contributed by atoms with Crippen LogP contribution in [0.5, 0.6) is 5.75 Å². The number of carbonyl (C=O) groups excluding carboxylic acids is 2. The van der Waals surface area contributed by atoms with Gasteiger partial charge in [0.1, 0.15) is 11.4 Å². The summed E-state index contributed by atoms with van der Waals surface area (Å²) in [6.07, 6.45) is 2.85. The Kier molecular flexibility index (Phi) is 10.1. The van der Waals surface area contributed by atoms with Crippen LogP contribution < -0.4 is 9.46 Å². The van der Waals surface area contributed by atoms with Crippen molar-refractivity contribution in [2.45, 2.75) is 52.1 Å². The third-order valence-electron chi connectivity index (χ3n) is 5.06. The first kappa shape index (κ1) is 28.2. The zero-order valence-corrected chi connectivity index (χ0v) is 22.0. The molecule has 0 atom stereocenters. The van der Waals surface area contributed by atoms with Crippen molar-refractivity contribution in [1.29, 1.82) is 0 Å². The van der Waals surface area contributed by atoms with Crippen molar-refractivity contribution in [1.82, 2.24) is 4.90 Å². The lowest BCUT2D eigenvalue weighted by atomic mass is 10.0. The number of hydrogen-bond acceptors (Lipinski definition) is 6. The Morgan fingerprint density at radius 1 is 1.00 bits per heavy atom. The highest BCUT2D eigenvalue weighted by atomic mass is 32.2. The van der Waals surface area contributed by atoms with Crippen molar-refractivity contribution in [3.63, 3.8) is 0 Å². The number of unbranched alkanes of at least 4 members (excludes halogenated alkanes) is 1. The molecule has 2 aromatic rings. The number of hydrogen-bond donors (Lipinski definition) is 1. The molecule has 0 saturated carbocycles. The molecule has 0 aromatic heterocycles. The Bertz CT molecular complexity index is 1090. The number of ketones is 1. The van der Waals surface area contributed by atoms with Crippen molar-refractivity contribution in [3.8, 4) is 5.75 Å². The molecule has 1 amide bonds. The fourth-order valence-electron chi connectivity index (χ4n) is 3.42. The van der Waals surface area contributed by atoms with Crippen molar-refractivity contribution >= 4 is 27.6 Å². The average Bonchev–Trinajstić information content (AvgIpc) is 2.76. The zero-order chi connectivity index (χ0) is 26.1. The smallest absolute Gasteiger partial charge is 0.410 e. The van der Waals surface area contributed by atoms with Crippen LogP contribution in [0.4, 0.5) is 10.5 Å². The van der Waals surface area contributed by atoms with E-state index in [1.54, 1.807) is 17.0 Å². The van der Waals surface area contributed by atoms with Crippen molar-refractivity contribution in [3.05, 3.63) is 59.7 Å². The molecule has 0 fully saturated rings. The zero-order valence-electron chi connectivity index (χ0n) is 21.2. The summed E-state index contributed by atoms with van der Waals surface area (Å²) < 4.78 is 36.3. The normalized spacial score (nSPS) is 11.6. The maximum absolute atomic E-state index is 12.7. The van der Waals surface area contributed by atoms with E-state index in [0.717, 1.165) is 11.8 Å². The van der Waals surface area contributed by atoms with Crippen LogP contribution in [0.1, 0.15) is 56.0 Å². The van der Waals surface area contributed by atoms with Crippen LogP contribution >= 0.6 is 0 Å². The van der Waals surface area contributed by atoms with E-state index in [1.165, 1.54) is 13.2 Å². The lowest BCUT2D eigenvalue weighted by molar-refractivity contribution is 0.0249. The van der Waals surface area contributed by atoms with Crippen LogP contribution in [-0.2, 0) is 21.2 Å². The molecule has 35 heavy (non-hydrogen) atoms. The molecule has 0 aliphatic rings. The maximum Gasteiger partial charge on any atom is 0.410 e. The van der Waals surface area contributed by atoms with Gasteiger partial charge in [0.15, 0.2) is 5.78 Å². The van der Waals surface area contributed by atoms with Gasteiger partial charge in [-0.3, -0.25) is 9.52 Å². The topological polar surface area (TPSA) is 102 Å². The first-order valence-electron chi connectivity index (χ1n) is 11.6. The summed E-state index contributed by atoms with van der Waals surface area (Å²) >= 11 is 0. The van der Waals surface area contributed by atoms with Gasteiger partial charge in [0, 0.05) is 25.1 Å². The summed E-state index contributed by atoms with van der Waals surface area (Å²) in [5.74, 6) is 0.218. The number of rotatable bonds is 12. The summed E-state index contributed by atoms with van der Waals surface area (Å²) in [6.45, 7) is 6.49. The average molecular weight is 505 g/mol. The molecule has 9 heteroatoms. The maximum atomic E-state index is 12.7. The summed E-state index contributed by atoms with van der Waals surface area (Å²) in [7, 11) is -2.09. The minimum absolute atomic E-state index is 0.114. The van der Waals surface area contributed by atoms with E-state index in [4.69, 9.17) is 9.47 Å². The Hall–Kier alpha value is -3.07. The third-order valence-corrected chi connectivity index (χ3v) is 5.65. The van der Waals surface area contributed by atoms with Crippen molar-refractivity contribution in [2.24, 2.45) is 0 Å². The van der Waals surface area contributed by atoms with Gasteiger partial charge in [-0.25, -0.2) is 13.2 Å². The third kappa shape index (κ3) is 10.4. The van der Waals surface area contributed by atoms with Gasteiger partial charge in [0.2, 0.25) is 10.0 Å². The molecular weight excluding hydrogens is 468 g/mol. The van der Waals surface area contributed by atoms with Gasteiger partial charge in [-0.1, -0.05) is 30.3 Å². The summed E-state index contributed by atoms with van der Waals surface area (Å²) in [4.78, 5) is 27.1. The highest BCUT2D eigenvalue weighted by molar-refractivity contribution is 7.92. The Labute approximate surface area is 208 Å². The number of anilines is 1. The molecule has 0 aliphatic carbocycles. The molecule has 0 unspecified atom stereocenters. The van der Waals surface area contributed by atoms with E-state index in [2.05, 4.69) is 4.72 Å². The first-order valence-corrected chi connectivity index (χ1v) is 13.5. The molecule has 0 heterocycles. The van der Waals surface area contributed by atoms with Crippen LogP contribution in [0.3, 0.4) is 0 Å². The number of ether oxygens (including phenoxy) is 2. The van der Waals surface area contributed by atoms with Crippen LogP contribution in [0, 0.1) is 0 Å². The molecular formula is C26H36N2O6S. The number of benzene rings is 2. The van der Waals surface area contributed by atoms with Gasteiger partial charge in [-0.05, 0) is 63.8 Å². The van der Waals surface area contributed by atoms with Gasteiger partial charge in [-0.2, -0.15) is 0 Å². The molecule has 2 rings (SSSR count). The molecule has 0 radical (unpaired) electrons. The number of Topliss-reactive ketones (excluding diaryl/α,β-unsaturated/α-hetero) is 1. The van der Waals surface area contributed by atoms with E-state index < -0.39 is 15.6 Å². The van der Waals surface area contributed by atoms with E-state index in [1.807, 2.05) is 51.1 Å². The van der Waals surface area contributed by atoms with Gasteiger partial charge in [0.25, 0.3) is 0 Å². The SMILES string of the molecule is COc1ccc(C(=O)CCCCN(CCc2ccccc2)C(=O)OC(C)(C)C)cc1NS(C)(=O)=O. The molecule has 0 saturated heterocycles. The molecule has 2 aromatic carbocycles. The fourth-order valence-corrected chi connectivity index (χ4v) is 3.98. The Morgan fingerprint density at radius 2 is 1.69 bits per heavy atom. The fraction of sp³-hybridized carbons (Fsp3) is 0.462. The van der Waals surface area contributed by atoms with E-state index in [-0.39, 0.29) is 24.0 Å². The van der Waals surface area contributed by atoms with E-state index in [9.17, 15) is 18.0 Å². The summed E-state index contributed by atoms with van der Waals surface area (Å²) in [5, 5.41) is 0. The van der Waals surface area contributed by atoms with Crippen molar-refractivity contribution in [2.75, 3.05) is 31.2 Å². The van der Waals surface area contributed by atoms with Gasteiger partial charge < -0.3 is 14.4 Å². The highest BCUT2D eigenvalue weighted by Gasteiger charge is 2.22. The van der Waals surface area contributed by atoms with Crippen LogP contribution in [0.15, 0.2) is 48.5 Å². The van der Waals surface area contributed by atoms with Crippen molar-refractivity contribution < 1.29 is 27.5 Å². The minimum atomic E-state index is -3.52. The predicted molar refractivity (Wildman–Crippen MR) is 138 cm³/mol. The van der Waals surface area contributed by atoms with Gasteiger partial charge >= 0.3 is 6.09 Å². The molecule has 0 spiro atoms. The summed E-state index contributed by atoms with van der Waals surface area (Å²) in [5.41, 5.74) is 1.15. The lowest BCUT2D eigenvalue weighted by Gasteiger charge is -2.27. The number of nitrogens with zero attached hydrogens (tertiary/aromatic N) is 1. The number of sulfonamides is 1. The molecule has 1 N–H and O–H groups in total. The number of carbonyl (C=O) groups is 2. The first-order chi connectivity index (χ1) is 16.4. The second kappa shape index (κ2) is 12.6. The van der Waals surface area contributed by atoms with Gasteiger partial charge in [-0.15, -0.1) is 0 Å². The second-order valence-corrected chi connectivity index (χ2v) is 11.1. The van der Waals surface area contributed by atoms with Crippen LogP contribution in [0.25, 0.3) is 0 Å². The summed E-state index contributed by atoms with van der Waals surface area (Å²) in [6, 6.07) is 14.6. The largest absolute Gasteiger partial charge is 0.495 e. The van der Waals surface area contributed by atoms with Crippen LogP contribution in [-0.4, -0.2) is 57.3 Å². The Balaban J connectivity index is 1.96. The molecule has 0 aliphatic heterocycles. The second-order valence-electron chi connectivity index (χ2n) is 9.37. The number of methoxy groups -OCH3 is 1. The minimum Gasteiger partial charge on any atom is -0.495 e. The predicted octanol–water partition coefficient (Wildman–Crippen LogP) is 4.90. The molecule has 8 nitrogen and oxygen atoms in total. The number of amides is 1.